The first-order valence-corrected chi connectivity index (χ1v) is 15.8. The first kappa shape index (κ1) is 25.9. The van der Waals surface area contributed by atoms with E-state index in [1.54, 1.807) is 0 Å². The number of aromatic nitrogens is 3. The lowest BCUT2D eigenvalue weighted by Crippen LogP contribution is -2.00. The van der Waals surface area contributed by atoms with Crippen LogP contribution in [0, 0.1) is 0 Å². The maximum atomic E-state index is 6.25. The highest BCUT2D eigenvalue weighted by atomic mass is 16.3. The highest BCUT2D eigenvalue weighted by Crippen LogP contribution is 2.37. The van der Waals surface area contributed by atoms with E-state index in [4.69, 9.17) is 19.4 Å². The molecule has 10 rings (SSSR count). The van der Waals surface area contributed by atoms with E-state index < -0.39 is 0 Å². The molecule has 0 atom stereocenters. The van der Waals surface area contributed by atoms with Gasteiger partial charge >= 0.3 is 0 Å². The van der Waals surface area contributed by atoms with Crippen LogP contribution in [0.3, 0.4) is 0 Å². The Bertz CT molecular complexity index is 2870. The fourth-order valence-corrected chi connectivity index (χ4v) is 7.00. The van der Waals surface area contributed by atoms with Crippen LogP contribution < -0.4 is 0 Å². The summed E-state index contributed by atoms with van der Waals surface area (Å²) in [4.78, 5) is 15.3. The Morgan fingerprint density at radius 3 is 1.77 bits per heavy atom. The van der Waals surface area contributed by atoms with Gasteiger partial charge in [-0.05, 0) is 67.4 Å². The van der Waals surface area contributed by atoms with Gasteiger partial charge in [0, 0.05) is 27.5 Å². The minimum Gasteiger partial charge on any atom is -0.456 e. The van der Waals surface area contributed by atoms with Crippen LogP contribution in [-0.2, 0) is 0 Å². The van der Waals surface area contributed by atoms with Gasteiger partial charge in [0.2, 0.25) is 0 Å². The molecule has 4 heteroatoms. The average Bonchev–Trinajstić information content (AvgIpc) is 3.52. The molecule has 10 aromatic rings. The summed E-state index contributed by atoms with van der Waals surface area (Å²) in [5, 5.41) is 11.7. The summed E-state index contributed by atoms with van der Waals surface area (Å²) in [5.41, 5.74) is 4.45. The van der Waals surface area contributed by atoms with Crippen molar-refractivity contribution in [3.8, 4) is 34.2 Å². The van der Waals surface area contributed by atoms with Crippen LogP contribution in [0.4, 0.5) is 0 Å². The SMILES string of the molecule is c1ccc2cc(-c3nc(-c4ccc5c(c4)oc4ccccc45)nc(-c4cccc5c4ccc4c6ccccc6ccc54)n3)ccc2c1. The predicted octanol–water partition coefficient (Wildman–Crippen LogP) is 11.4. The number of nitrogens with zero attached hydrogens (tertiary/aromatic N) is 3. The van der Waals surface area contributed by atoms with E-state index in [-0.39, 0.29) is 0 Å². The molecule has 0 radical (unpaired) electrons. The van der Waals surface area contributed by atoms with Gasteiger partial charge in [0.05, 0.1) is 0 Å². The van der Waals surface area contributed by atoms with Crippen molar-refractivity contribution in [3.05, 3.63) is 152 Å². The minimum atomic E-state index is 0.601. The van der Waals surface area contributed by atoms with Gasteiger partial charge in [0.1, 0.15) is 11.2 Å². The molecular formula is C43H25N3O. The van der Waals surface area contributed by atoms with Gasteiger partial charge in [-0.1, -0.05) is 127 Å². The second kappa shape index (κ2) is 10.1. The number of benzene rings is 8. The molecule has 2 aromatic heterocycles. The molecule has 8 aromatic carbocycles. The van der Waals surface area contributed by atoms with E-state index in [0.29, 0.717) is 17.5 Å². The molecule has 47 heavy (non-hydrogen) atoms. The Balaban J connectivity index is 1.21. The average molecular weight is 600 g/mol. The third-order valence-corrected chi connectivity index (χ3v) is 9.30. The molecule has 0 saturated heterocycles. The monoisotopic (exact) mass is 599 g/mol. The van der Waals surface area contributed by atoms with E-state index in [0.717, 1.165) is 49.4 Å². The fourth-order valence-electron chi connectivity index (χ4n) is 7.00. The molecule has 0 bridgehead atoms. The molecule has 0 fully saturated rings. The second-order valence-electron chi connectivity index (χ2n) is 12.0. The van der Waals surface area contributed by atoms with E-state index in [1.165, 1.54) is 32.3 Å². The molecule has 0 aliphatic rings. The normalized spacial score (nSPS) is 11.8. The van der Waals surface area contributed by atoms with Gasteiger partial charge in [-0.2, -0.15) is 0 Å². The molecule has 0 amide bonds. The quantitative estimate of drug-likeness (QED) is 0.190. The fraction of sp³-hybridized carbons (Fsp3) is 0. The summed E-state index contributed by atoms with van der Waals surface area (Å²) < 4.78 is 6.25. The summed E-state index contributed by atoms with van der Waals surface area (Å²) in [6, 6.07) is 52.9. The van der Waals surface area contributed by atoms with Gasteiger partial charge in [0.15, 0.2) is 17.5 Å². The van der Waals surface area contributed by atoms with Crippen LogP contribution in [0.2, 0.25) is 0 Å². The zero-order valence-corrected chi connectivity index (χ0v) is 25.2. The summed E-state index contributed by atoms with van der Waals surface area (Å²) in [5.74, 6) is 1.86. The zero-order valence-electron chi connectivity index (χ0n) is 25.2. The maximum absolute atomic E-state index is 6.25. The number of furan rings is 1. The third-order valence-electron chi connectivity index (χ3n) is 9.30. The molecule has 0 aliphatic carbocycles. The van der Waals surface area contributed by atoms with Crippen LogP contribution >= 0.6 is 0 Å². The molecular weight excluding hydrogens is 574 g/mol. The number of rotatable bonds is 3. The van der Waals surface area contributed by atoms with E-state index in [2.05, 4.69) is 127 Å². The first-order valence-electron chi connectivity index (χ1n) is 15.8. The third kappa shape index (κ3) is 4.12. The minimum absolute atomic E-state index is 0.601. The van der Waals surface area contributed by atoms with Crippen molar-refractivity contribution in [3.63, 3.8) is 0 Å². The molecule has 2 heterocycles. The lowest BCUT2D eigenvalue weighted by atomic mass is 9.95. The van der Waals surface area contributed by atoms with Gasteiger partial charge in [-0.25, -0.2) is 15.0 Å². The summed E-state index contributed by atoms with van der Waals surface area (Å²) in [7, 11) is 0. The van der Waals surface area contributed by atoms with Crippen molar-refractivity contribution in [2.75, 3.05) is 0 Å². The van der Waals surface area contributed by atoms with Crippen molar-refractivity contribution in [1.29, 1.82) is 0 Å². The highest BCUT2D eigenvalue weighted by molar-refractivity contribution is 6.19. The molecule has 0 aliphatic heterocycles. The van der Waals surface area contributed by atoms with E-state index in [1.807, 2.05) is 24.3 Å². The van der Waals surface area contributed by atoms with Gasteiger partial charge in [0.25, 0.3) is 0 Å². The number of fused-ring (bicyclic) bond motifs is 9. The van der Waals surface area contributed by atoms with Crippen molar-refractivity contribution in [2.45, 2.75) is 0 Å². The lowest BCUT2D eigenvalue weighted by Gasteiger charge is -2.12. The van der Waals surface area contributed by atoms with Crippen LogP contribution in [0.1, 0.15) is 0 Å². The standard InChI is InChI=1S/C43H25N3O/c1-2-10-28-24-29(17-16-26(28)8-1)41-44-42(30-19-21-37-36-12-5-6-15-39(36)47-40(37)25-30)46-43(45-41)38-14-7-13-32-34-20-18-27-9-3-4-11-31(27)33(34)22-23-35(32)38/h1-25H. The number of para-hydroxylation sites is 1. The smallest absolute Gasteiger partial charge is 0.164 e. The van der Waals surface area contributed by atoms with Crippen LogP contribution in [0.25, 0.3) is 99.2 Å². The second-order valence-corrected chi connectivity index (χ2v) is 12.0. The molecule has 0 spiro atoms. The zero-order chi connectivity index (χ0) is 30.9. The predicted molar refractivity (Wildman–Crippen MR) is 193 cm³/mol. The Morgan fingerprint density at radius 2 is 0.872 bits per heavy atom. The number of hydrogen-bond acceptors (Lipinski definition) is 4. The topological polar surface area (TPSA) is 51.8 Å². The largest absolute Gasteiger partial charge is 0.456 e. The Hall–Kier alpha value is -6.39. The van der Waals surface area contributed by atoms with Crippen molar-refractivity contribution in [2.24, 2.45) is 0 Å². The highest BCUT2D eigenvalue weighted by Gasteiger charge is 2.17. The number of hydrogen-bond donors (Lipinski definition) is 0. The van der Waals surface area contributed by atoms with Crippen LogP contribution in [0.15, 0.2) is 156 Å². The molecule has 0 saturated carbocycles. The Kier molecular flexibility index (Phi) is 5.54. The van der Waals surface area contributed by atoms with Crippen molar-refractivity contribution in [1.82, 2.24) is 15.0 Å². The Labute approximate surface area is 269 Å². The molecule has 0 unspecified atom stereocenters. The summed E-state index contributed by atoms with van der Waals surface area (Å²) in [6.07, 6.45) is 0. The molecule has 4 nitrogen and oxygen atoms in total. The van der Waals surface area contributed by atoms with Crippen molar-refractivity contribution >= 4 is 65.0 Å². The first-order chi connectivity index (χ1) is 23.3. The van der Waals surface area contributed by atoms with E-state index in [9.17, 15) is 0 Å². The Morgan fingerprint density at radius 1 is 0.319 bits per heavy atom. The summed E-state index contributed by atoms with van der Waals surface area (Å²) in [6.45, 7) is 0. The van der Waals surface area contributed by atoms with Gasteiger partial charge in [-0.15, -0.1) is 0 Å². The molecule has 0 N–H and O–H groups in total. The van der Waals surface area contributed by atoms with Crippen LogP contribution in [0.5, 0.6) is 0 Å². The van der Waals surface area contributed by atoms with Crippen LogP contribution in [-0.4, -0.2) is 15.0 Å². The lowest BCUT2D eigenvalue weighted by molar-refractivity contribution is 0.669. The molecule has 218 valence electrons. The van der Waals surface area contributed by atoms with Gasteiger partial charge in [-0.3, -0.25) is 0 Å². The van der Waals surface area contributed by atoms with Crippen molar-refractivity contribution < 1.29 is 4.42 Å². The van der Waals surface area contributed by atoms with E-state index >= 15 is 0 Å². The summed E-state index contributed by atoms with van der Waals surface area (Å²) >= 11 is 0. The van der Waals surface area contributed by atoms with Gasteiger partial charge < -0.3 is 4.42 Å². The maximum Gasteiger partial charge on any atom is 0.164 e.